The zero-order chi connectivity index (χ0) is 41.9. The van der Waals surface area contributed by atoms with Gasteiger partial charge < -0.3 is 18.6 Å². The first-order valence-electron chi connectivity index (χ1n) is 22.2. The molecule has 11 rings (SSSR count). The fourth-order valence-electron chi connectivity index (χ4n) is 9.48. The molecule has 11 aromatic rings. The number of anilines is 6. The van der Waals surface area contributed by atoms with Crippen LogP contribution < -0.4 is 9.80 Å². The van der Waals surface area contributed by atoms with Gasteiger partial charge >= 0.3 is 0 Å². The minimum atomic E-state index is 0.804. The molecule has 4 heteroatoms. The summed E-state index contributed by atoms with van der Waals surface area (Å²) in [5.41, 5.74) is 15.1. The van der Waals surface area contributed by atoms with Crippen molar-refractivity contribution < 1.29 is 8.83 Å². The highest BCUT2D eigenvalue weighted by Gasteiger charge is 2.24. The minimum absolute atomic E-state index is 0.804. The standard InChI is InChI=1S/C58H48N2O2/c1-5-37-17-25-41(26-18-37)59(42-27-19-38(6-2)20-28-42)51-34-55-57(47-15-11-9-13-45(47)51)49-33-50-54(36-53(49)61-55)62-56-35-52(46-14-10-12-16-48(46)58(50)56)60(43-29-21-39(7-3)22-30-43)44-31-23-40(8-4)24-32-44/h9-36H,5-8H2,1-4H3. The molecule has 2 heterocycles. The second-order valence-electron chi connectivity index (χ2n) is 16.4. The van der Waals surface area contributed by atoms with Crippen molar-refractivity contribution in [3.63, 3.8) is 0 Å². The maximum absolute atomic E-state index is 6.91. The van der Waals surface area contributed by atoms with Gasteiger partial charge in [-0.1, -0.05) is 125 Å². The Balaban J connectivity index is 1.13. The van der Waals surface area contributed by atoms with E-state index in [4.69, 9.17) is 8.83 Å². The number of hydrogen-bond acceptors (Lipinski definition) is 4. The summed E-state index contributed by atoms with van der Waals surface area (Å²) >= 11 is 0. The van der Waals surface area contributed by atoms with Gasteiger partial charge in [0.15, 0.2) is 0 Å². The van der Waals surface area contributed by atoms with Crippen molar-refractivity contribution in [1.29, 1.82) is 0 Å². The number of aryl methyl sites for hydroxylation is 4. The van der Waals surface area contributed by atoms with Crippen LogP contribution in [0.3, 0.4) is 0 Å². The maximum atomic E-state index is 6.91. The quantitative estimate of drug-likeness (QED) is 0.138. The summed E-state index contributed by atoms with van der Waals surface area (Å²) in [5, 5.41) is 8.99. The predicted octanol–water partition coefficient (Wildman–Crippen LogP) is 17.0. The summed E-state index contributed by atoms with van der Waals surface area (Å²) in [4.78, 5) is 4.74. The van der Waals surface area contributed by atoms with Gasteiger partial charge in [0.1, 0.15) is 22.3 Å². The van der Waals surface area contributed by atoms with Gasteiger partial charge in [-0.15, -0.1) is 0 Å². The second-order valence-corrected chi connectivity index (χ2v) is 16.4. The number of nitrogens with zero attached hydrogens (tertiary/aromatic N) is 2. The molecule has 0 saturated heterocycles. The van der Waals surface area contributed by atoms with E-state index in [1.54, 1.807) is 0 Å². The lowest BCUT2D eigenvalue weighted by atomic mass is 9.98. The molecule has 0 N–H and O–H groups in total. The molecule has 0 bridgehead atoms. The molecule has 0 saturated carbocycles. The van der Waals surface area contributed by atoms with Crippen molar-refractivity contribution in [1.82, 2.24) is 0 Å². The van der Waals surface area contributed by atoms with Crippen LogP contribution in [0, 0.1) is 0 Å². The van der Waals surface area contributed by atoms with Crippen molar-refractivity contribution in [3.05, 3.63) is 192 Å². The summed E-state index contributed by atoms with van der Waals surface area (Å²) in [7, 11) is 0. The lowest BCUT2D eigenvalue weighted by molar-refractivity contribution is 0.656. The van der Waals surface area contributed by atoms with Crippen molar-refractivity contribution in [2.45, 2.75) is 53.4 Å². The van der Waals surface area contributed by atoms with Crippen molar-refractivity contribution >= 4 is 99.5 Å². The van der Waals surface area contributed by atoms with E-state index in [0.29, 0.717) is 0 Å². The Hall–Kier alpha value is -7.30. The third-order valence-electron chi connectivity index (χ3n) is 12.9. The predicted molar refractivity (Wildman–Crippen MR) is 263 cm³/mol. The average Bonchev–Trinajstić information content (AvgIpc) is 3.88. The Morgan fingerprint density at radius 2 is 0.613 bits per heavy atom. The molecule has 4 nitrogen and oxygen atoms in total. The number of fused-ring (bicyclic) bond motifs is 10. The summed E-state index contributed by atoms with van der Waals surface area (Å²) in [6.45, 7) is 8.81. The lowest BCUT2D eigenvalue weighted by Gasteiger charge is -2.27. The van der Waals surface area contributed by atoms with Crippen LogP contribution in [0.5, 0.6) is 0 Å². The van der Waals surface area contributed by atoms with Crippen LogP contribution >= 0.6 is 0 Å². The van der Waals surface area contributed by atoms with Gasteiger partial charge in [-0.3, -0.25) is 0 Å². The molecule has 0 atom stereocenters. The van der Waals surface area contributed by atoms with E-state index in [2.05, 4.69) is 207 Å². The molecule has 0 fully saturated rings. The Morgan fingerprint density at radius 3 is 0.919 bits per heavy atom. The normalized spacial score (nSPS) is 11.8. The molecule has 2 aromatic heterocycles. The monoisotopic (exact) mass is 804 g/mol. The molecule has 0 amide bonds. The van der Waals surface area contributed by atoms with Gasteiger partial charge in [0.25, 0.3) is 0 Å². The van der Waals surface area contributed by atoms with Crippen molar-refractivity contribution in [3.8, 4) is 0 Å². The van der Waals surface area contributed by atoms with E-state index < -0.39 is 0 Å². The van der Waals surface area contributed by atoms with Crippen LogP contribution in [0.15, 0.2) is 179 Å². The topological polar surface area (TPSA) is 32.8 Å². The molecular weight excluding hydrogens is 757 g/mol. The highest BCUT2D eigenvalue weighted by atomic mass is 16.3. The molecular formula is C58H48N2O2. The number of rotatable bonds is 10. The molecule has 0 aliphatic heterocycles. The maximum Gasteiger partial charge on any atom is 0.139 e. The Kier molecular flexibility index (Phi) is 9.30. The van der Waals surface area contributed by atoms with Gasteiger partial charge in [-0.25, -0.2) is 0 Å². The number of benzene rings is 9. The van der Waals surface area contributed by atoms with Crippen LogP contribution in [0.1, 0.15) is 49.9 Å². The highest BCUT2D eigenvalue weighted by molar-refractivity contribution is 6.28. The Morgan fingerprint density at radius 1 is 0.306 bits per heavy atom. The fourth-order valence-corrected chi connectivity index (χ4v) is 9.48. The first kappa shape index (κ1) is 37.7. The van der Waals surface area contributed by atoms with E-state index in [0.717, 1.165) is 125 Å². The molecule has 0 radical (unpaired) electrons. The van der Waals surface area contributed by atoms with E-state index in [9.17, 15) is 0 Å². The van der Waals surface area contributed by atoms with Crippen molar-refractivity contribution in [2.24, 2.45) is 0 Å². The first-order chi connectivity index (χ1) is 30.5. The highest BCUT2D eigenvalue weighted by Crippen LogP contribution is 2.48. The lowest BCUT2D eigenvalue weighted by Crippen LogP contribution is -2.10. The van der Waals surface area contributed by atoms with E-state index >= 15 is 0 Å². The number of hydrogen-bond donors (Lipinski definition) is 0. The van der Waals surface area contributed by atoms with Crippen LogP contribution in [-0.2, 0) is 25.7 Å². The summed E-state index contributed by atoms with van der Waals surface area (Å²) < 4.78 is 13.8. The molecule has 62 heavy (non-hydrogen) atoms. The Bertz CT molecular complexity index is 3110. The van der Waals surface area contributed by atoms with Crippen LogP contribution in [0.25, 0.3) is 65.4 Å². The zero-order valence-corrected chi connectivity index (χ0v) is 35.7. The minimum Gasteiger partial charge on any atom is -0.456 e. The SMILES string of the molecule is CCc1ccc(N(c2ccc(CC)cc2)c2cc3oc4cc5oc6cc(N(c7ccc(CC)cc7)c7ccc(CC)cc7)c7ccccc7c6c5cc4c3c3ccccc23)cc1. The van der Waals surface area contributed by atoms with E-state index in [1.165, 1.54) is 22.3 Å². The Labute approximate surface area is 362 Å². The molecule has 0 unspecified atom stereocenters. The smallest absolute Gasteiger partial charge is 0.139 e. The van der Waals surface area contributed by atoms with Gasteiger partial charge in [-0.05, 0) is 113 Å². The van der Waals surface area contributed by atoms with E-state index in [1.807, 2.05) is 0 Å². The summed E-state index contributed by atoms with van der Waals surface area (Å²) in [5.74, 6) is 0. The van der Waals surface area contributed by atoms with Gasteiger partial charge in [0, 0.05) is 73.3 Å². The average molecular weight is 805 g/mol. The molecule has 0 spiro atoms. The van der Waals surface area contributed by atoms with Crippen LogP contribution in [0.2, 0.25) is 0 Å². The molecule has 302 valence electrons. The van der Waals surface area contributed by atoms with Crippen LogP contribution in [0.4, 0.5) is 34.1 Å². The van der Waals surface area contributed by atoms with Gasteiger partial charge in [0.05, 0.1) is 11.4 Å². The van der Waals surface area contributed by atoms with Gasteiger partial charge in [0.2, 0.25) is 0 Å². The number of furan rings is 2. The molecule has 0 aliphatic rings. The first-order valence-corrected chi connectivity index (χ1v) is 22.2. The second kappa shape index (κ2) is 15.3. The van der Waals surface area contributed by atoms with Crippen LogP contribution in [-0.4, -0.2) is 0 Å². The molecule has 9 aromatic carbocycles. The summed E-state index contributed by atoms with van der Waals surface area (Å²) in [6, 6.07) is 62.2. The van der Waals surface area contributed by atoms with E-state index in [-0.39, 0.29) is 0 Å². The summed E-state index contributed by atoms with van der Waals surface area (Å²) in [6.07, 6.45) is 3.98. The fraction of sp³-hybridized carbons (Fsp3) is 0.138. The third-order valence-corrected chi connectivity index (χ3v) is 12.9. The van der Waals surface area contributed by atoms with Crippen molar-refractivity contribution in [2.75, 3.05) is 9.80 Å². The zero-order valence-electron chi connectivity index (χ0n) is 35.7. The molecule has 0 aliphatic carbocycles. The van der Waals surface area contributed by atoms with Gasteiger partial charge in [-0.2, -0.15) is 0 Å². The third kappa shape index (κ3) is 6.20. The largest absolute Gasteiger partial charge is 0.456 e.